The van der Waals surface area contributed by atoms with Gasteiger partial charge in [-0.25, -0.2) is 24.0 Å². The van der Waals surface area contributed by atoms with Crippen molar-refractivity contribution in [2.24, 2.45) is 0 Å². The first-order chi connectivity index (χ1) is 10.7. The third-order valence-electron chi connectivity index (χ3n) is 3.71. The molecule has 1 N–H and O–H groups in total. The van der Waals surface area contributed by atoms with Gasteiger partial charge in [0.05, 0.1) is 12.2 Å². The summed E-state index contributed by atoms with van der Waals surface area (Å²) in [6.07, 6.45) is 3.59. The van der Waals surface area contributed by atoms with Gasteiger partial charge in [-0.3, -0.25) is 0 Å². The van der Waals surface area contributed by atoms with Crippen LogP contribution in [0.1, 0.15) is 30.7 Å². The Morgan fingerprint density at radius 1 is 1.45 bits per heavy atom. The third-order valence-corrected chi connectivity index (χ3v) is 3.71. The summed E-state index contributed by atoms with van der Waals surface area (Å²) in [5, 5.41) is 7.56. The number of nitrogens with one attached hydrogen (secondary N) is 1. The number of hydrogen-bond acceptors (Lipinski definition) is 6. The van der Waals surface area contributed by atoms with Gasteiger partial charge in [-0.05, 0) is 12.8 Å². The molecule has 0 radical (unpaired) electrons. The van der Waals surface area contributed by atoms with Crippen LogP contribution in [0, 0.1) is 5.82 Å². The maximum atomic E-state index is 14.2. The predicted octanol–water partition coefficient (Wildman–Crippen LogP) is 1.34. The molecule has 22 heavy (non-hydrogen) atoms. The van der Waals surface area contributed by atoms with Crippen molar-refractivity contribution in [3.63, 3.8) is 0 Å². The van der Waals surface area contributed by atoms with E-state index in [0.717, 1.165) is 18.7 Å². The Kier molecular flexibility index (Phi) is 4.28. The molecule has 3 rings (SSSR count). The summed E-state index contributed by atoms with van der Waals surface area (Å²) in [5.74, 6) is 1.52. The fourth-order valence-electron chi connectivity index (χ4n) is 2.62. The standard InChI is InChI=1S/C14H19FN6O/c1-3-10-13(15)14(17-8-16-10)18-9-4-5-12-19-11(7-22-2)20-21(12)6-9/h8-9H,3-7H2,1-2H3,(H,16,17,18)/t9-/m1/s1. The molecule has 0 saturated heterocycles. The number of hydrogen-bond donors (Lipinski definition) is 1. The van der Waals surface area contributed by atoms with Crippen LogP contribution in [0.2, 0.25) is 0 Å². The number of rotatable bonds is 5. The fourth-order valence-corrected chi connectivity index (χ4v) is 2.62. The van der Waals surface area contributed by atoms with Gasteiger partial charge in [-0.15, -0.1) is 0 Å². The average Bonchev–Trinajstić information content (AvgIpc) is 2.91. The minimum atomic E-state index is -0.366. The second-order valence-electron chi connectivity index (χ2n) is 5.28. The highest BCUT2D eigenvalue weighted by Crippen LogP contribution is 2.19. The molecule has 1 aliphatic rings. The van der Waals surface area contributed by atoms with Crippen LogP contribution in [-0.4, -0.2) is 37.9 Å². The van der Waals surface area contributed by atoms with Crippen molar-refractivity contribution >= 4 is 5.82 Å². The highest BCUT2D eigenvalue weighted by Gasteiger charge is 2.23. The van der Waals surface area contributed by atoms with E-state index >= 15 is 0 Å². The lowest BCUT2D eigenvalue weighted by atomic mass is 10.1. The molecule has 2 aromatic rings. The lowest BCUT2D eigenvalue weighted by Crippen LogP contribution is -2.32. The Bertz CT molecular complexity index is 659. The van der Waals surface area contributed by atoms with E-state index in [9.17, 15) is 4.39 Å². The summed E-state index contributed by atoms with van der Waals surface area (Å²) < 4.78 is 21.1. The first-order valence-corrected chi connectivity index (χ1v) is 7.38. The Morgan fingerprint density at radius 3 is 3.09 bits per heavy atom. The summed E-state index contributed by atoms with van der Waals surface area (Å²) in [4.78, 5) is 12.4. The molecule has 0 saturated carbocycles. The van der Waals surface area contributed by atoms with E-state index in [0.29, 0.717) is 31.1 Å². The number of fused-ring (bicyclic) bond motifs is 1. The third kappa shape index (κ3) is 2.92. The number of anilines is 1. The molecule has 0 unspecified atom stereocenters. The molecule has 7 nitrogen and oxygen atoms in total. The molecule has 118 valence electrons. The van der Waals surface area contributed by atoms with Crippen molar-refractivity contribution in [2.45, 2.75) is 45.4 Å². The zero-order chi connectivity index (χ0) is 15.5. The minimum Gasteiger partial charge on any atom is -0.377 e. The van der Waals surface area contributed by atoms with Crippen molar-refractivity contribution in [3.8, 4) is 0 Å². The monoisotopic (exact) mass is 306 g/mol. The topological polar surface area (TPSA) is 77.8 Å². The molecule has 0 aromatic carbocycles. The zero-order valence-corrected chi connectivity index (χ0v) is 12.7. The van der Waals surface area contributed by atoms with Gasteiger partial charge in [0.25, 0.3) is 0 Å². The van der Waals surface area contributed by atoms with Crippen molar-refractivity contribution < 1.29 is 9.13 Å². The summed E-state index contributed by atoms with van der Waals surface area (Å²) in [6.45, 7) is 2.91. The first-order valence-electron chi connectivity index (χ1n) is 7.38. The van der Waals surface area contributed by atoms with Gasteiger partial charge in [0, 0.05) is 19.6 Å². The summed E-state index contributed by atoms with van der Waals surface area (Å²) in [6, 6.07) is 0.0682. The molecule has 8 heteroatoms. The number of nitrogens with zero attached hydrogens (tertiary/aromatic N) is 5. The minimum absolute atomic E-state index is 0.0682. The van der Waals surface area contributed by atoms with Gasteiger partial charge in [0.1, 0.15) is 18.8 Å². The van der Waals surface area contributed by atoms with Crippen LogP contribution in [-0.2, 0) is 30.7 Å². The van der Waals surface area contributed by atoms with Crippen molar-refractivity contribution in [2.75, 3.05) is 12.4 Å². The second kappa shape index (κ2) is 6.35. The second-order valence-corrected chi connectivity index (χ2v) is 5.28. The molecule has 3 heterocycles. The largest absolute Gasteiger partial charge is 0.377 e. The lowest BCUT2D eigenvalue weighted by Gasteiger charge is -2.24. The van der Waals surface area contributed by atoms with Crippen LogP contribution >= 0.6 is 0 Å². The van der Waals surface area contributed by atoms with E-state index in [1.807, 2.05) is 11.6 Å². The average molecular weight is 306 g/mol. The highest BCUT2D eigenvalue weighted by atomic mass is 19.1. The van der Waals surface area contributed by atoms with Crippen LogP contribution in [0.15, 0.2) is 6.33 Å². The van der Waals surface area contributed by atoms with Crippen molar-refractivity contribution in [1.82, 2.24) is 24.7 Å². The Hall–Kier alpha value is -2.09. The van der Waals surface area contributed by atoms with Crippen LogP contribution in [0.25, 0.3) is 0 Å². The van der Waals surface area contributed by atoms with E-state index in [4.69, 9.17) is 4.74 Å². The Morgan fingerprint density at radius 2 is 2.32 bits per heavy atom. The van der Waals surface area contributed by atoms with Crippen LogP contribution < -0.4 is 5.32 Å². The SMILES string of the molecule is CCc1ncnc(N[C@@H]2CCc3nc(COC)nn3C2)c1F. The summed E-state index contributed by atoms with van der Waals surface area (Å²) in [7, 11) is 1.62. The molecular formula is C14H19FN6O. The quantitative estimate of drug-likeness (QED) is 0.898. The van der Waals surface area contributed by atoms with E-state index in [1.54, 1.807) is 7.11 Å². The van der Waals surface area contributed by atoms with E-state index < -0.39 is 0 Å². The van der Waals surface area contributed by atoms with Gasteiger partial charge in [0.15, 0.2) is 17.5 Å². The van der Waals surface area contributed by atoms with Gasteiger partial charge in [-0.1, -0.05) is 6.92 Å². The Labute approximate surface area is 127 Å². The molecule has 0 amide bonds. The van der Waals surface area contributed by atoms with E-state index in [2.05, 4.69) is 25.4 Å². The maximum Gasteiger partial charge on any atom is 0.186 e. The van der Waals surface area contributed by atoms with Gasteiger partial charge in [0.2, 0.25) is 0 Å². The first kappa shape index (κ1) is 14.8. The van der Waals surface area contributed by atoms with E-state index in [1.165, 1.54) is 6.33 Å². The zero-order valence-electron chi connectivity index (χ0n) is 12.7. The van der Waals surface area contributed by atoms with Crippen LogP contribution in [0.5, 0.6) is 0 Å². The normalized spacial score (nSPS) is 17.3. The smallest absolute Gasteiger partial charge is 0.186 e. The molecule has 0 spiro atoms. The molecule has 1 aliphatic heterocycles. The van der Waals surface area contributed by atoms with Crippen molar-refractivity contribution in [1.29, 1.82) is 0 Å². The summed E-state index contributed by atoms with van der Waals surface area (Å²) in [5.41, 5.74) is 0.428. The molecule has 2 aromatic heterocycles. The number of halogens is 1. The van der Waals surface area contributed by atoms with Gasteiger partial charge >= 0.3 is 0 Å². The number of aryl methyl sites for hydroxylation is 2. The maximum absolute atomic E-state index is 14.2. The molecule has 0 aliphatic carbocycles. The van der Waals surface area contributed by atoms with Crippen molar-refractivity contribution in [3.05, 3.63) is 29.5 Å². The molecule has 1 atom stereocenters. The summed E-state index contributed by atoms with van der Waals surface area (Å²) >= 11 is 0. The highest BCUT2D eigenvalue weighted by molar-refractivity contribution is 5.38. The molecule has 0 bridgehead atoms. The lowest BCUT2D eigenvalue weighted by molar-refractivity contribution is 0.177. The van der Waals surface area contributed by atoms with Gasteiger partial charge < -0.3 is 10.1 Å². The van der Waals surface area contributed by atoms with Crippen LogP contribution in [0.3, 0.4) is 0 Å². The Balaban J connectivity index is 1.72. The van der Waals surface area contributed by atoms with Crippen LogP contribution in [0.4, 0.5) is 10.2 Å². The predicted molar refractivity (Wildman–Crippen MR) is 77.8 cm³/mol. The van der Waals surface area contributed by atoms with Gasteiger partial charge in [-0.2, -0.15) is 5.10 Å². The number of ether oxygens (including phenoxy) is 1. The fraction of sp³-hybridized carbons (Fsp3) is 0.571. The number of methoxy groups -OCH3 is 1. The molecule has 0 fully saturated rings. The van der Waals surface area contributed by atoms with E-state index in [-0.39, 0.29) is 17.7 Å². The number of aromatic nitrogens is 5. The molecular weight excluding hydrogens is 287 g/mol.